The van der Waals surface area contributed by atoms with E-state index in [-0.39, 0.29) is 0 Å². The minimum atomic E-state index is 0.913. The molecule has 0 saturated heterocycles. The van der Waals surface area contributed by atoms with Crippen LogP contribution in [0.2, 0.25) is 0 Å². The lowest BCUT2D eigenvalue weighted by Gasteiger charge is -2.26. The molecule has 236 valence electrons. The van der Waals surface area contributed by atoms with E-state index in [0.717, 1.165) is 80.9 Å². The van der Waals surface area contributed by atoms with Gasteiger partial charge in [0, 0.05) is 45.3 Å². The highest BCUT2D eigenvalue weighted by molar-refractivity contribution is 7.25. The quantitative estimate of drug-likeness (QED) is 0.172. The number of anilines is 3. The van der Waals surface area contributed by atoms with Crippen molar-refractivity contribution in [3.8, 4) is 32.4 Å². The molecule has 5 aromatic heterocycles. The molecule has 0 fully saturated rings. The van der Waals surface area contributed by atoms with E-state index < -0.39 is 0 Å². The van der Waals surface area contributed by atoms with Gasteiger partial charge >= 0.3 is 0 Å². The molecule has 6 nitrogen and oxygen atoms in total. The van der Waals surface area contributed by atoms with Crippen molar-refractivity contribution in [2.75, 3.05) is 4.90 Å². The van der Waals surface area contributed by atoms with E-state index in [2.05, 4.69) is 130 Å². The lowest BCUT2D eigenvalue weighted by Crippen LogP contribution is -2.09. The molecule has 0 unspecified atom stereocenters. The summed E-state index contributed by atoms with van der Waals surface area (Å²) in [6.45, 7) is 0. The number of nitrogens with zero attached hydrogens (tertiary/aromatic N) is 6. The smallest absolute Gasteiger partial charge is 0.126 e. The Hall–Kier alpha value is -5.87. The van der Waals surface area contributed by atoms with Crippen molar-refractivity contribution in [2.24, 2.45) is 0 Å². The number of fused-ring (bicyclic) bond motifs is 5. The Morgan fingerprint density at radius 1 is 0.460 bits per heavy atom. The normalized spacial score (nSPS) is 11.6. The molecule has 0 radical (unpaired) electrons. The summed E-state index contributed by atoms with van der Waals surface area (Å²) in [5, 5.41) is 3.09. The van der Waals surface area contributed by atoms with Gasteiger partial charge in [0.05, 0.1) is 36.3 Å². The molecule has 0 saturated carbocycles. The van der Waals surface area contributed by atoms with Crippen LogP contribution in [-0.4, -0.2) is 24.9 Å². The van der Waals surface area contributed by atoms with Crippen molar-refractivity contribution in [2.45, 2.75) is 0 Å². The third-order valence-electron chi connectivity index (χ3n) is 8.76. The maximum absolute atomic E-state index is 4.89. The summed E-state index contributed by atoms with van der Waals surface area (Å²) in [7, 11) is 0. The second kappa shape index (κ2) is 11.9. The van der Waals surface area contributed by atoms with Crippen molar-refractivity contribution in [1.29, 1.82) is 0 Å². The van der Waals surface area contributed by atoms with Gasteiger partial charge in [-0.05, 0) is 97.1 Å². The summed E-state index contributed by atoms with van der Waals surface area (Å²) < 4.78 is 3.42. The predicted molar refractivity (Wildman–Crippen MR) is 210 cm³/mol. The molecule has 5 aromatic carbocycles. The van der Waals surface area contributed by atoms with Gasteiger partial charge in [0.15, 0.2) is 0 Å². The fourth-order valence-corrected chi connectivity index (χ4v) is 9.38. The molecule has 0 aliphatic rings. The van der Waals surface area contributed by atoms with Crippen LogP contribution in [-0.2, 0) is 0 Å². The Balaban J connectivity index is 1.04. The van der Waals surface area contributed by atoms with Crippen LogP contribution in [0, 0.1) is 0 Å². The summed E-state index contributed by atoms with van der Waals surface area (Å²) in [6, 6.07) is 46.6. The van der Waals surface area contributed by atoms with Crippen molar-refractivity contribution in [3.63, 3.8) is 0 Å². The Labute approximate surface area is 298 Å². The minimum Gasteiger partial charge on any atom is -0.311 e. The molecule has 0 aliphatic heterocycles. The molecule has 10 aromatic rings. The van der Waals surface area contributed by atoms with Crippen molar-refractivity contribution in [1.82, 2.24) is 24.9 Å². The number of benzene rings is 5. The number of rotatable bonds is 6. The predicted octanol–water partition coefficient (Wildman–Crippen LogP) is 11.9. The standard InChI is InChI=1S/C41H24N6S3/c1-3-9-34-32(7-1)45-39(48-34)26-13-19-29(20-14-26)47(30-21-15-27(16-22-30)40-46-33-8-2-4-10-35(33)49-40)28-17-11-25(12-18-28)36-38-37(44-24-43-36)31-6-5-23-42-41(31)50-38/h1-24H. The zero-order valence-corrected chi connectivity index (χ0v) is 28.7. The van der Waals surface area contributed by atoms with Crippen molar-refractivity contribution >= 4 is 91.9 Å². The van der Waals surface area contributed by atoms with Gasteiger partial charge in [-0.2, -0.15) is 0 Å². The van der Waals surface area contributed by atoms with Crippen LogP contribution in [0.15, 0.2) is 146 Å². The van der Waals surface area contributed by atoms with Gasteiger partial charge in [0.25, 0.3) is 0 Å². The monoisotopic (exact) mass is 696 g/mol. The Kier molecular flexibility index (Phi) is 6.93. The van der Waals surface area contributed by atoms with E-state index in [1.807, 2.05) is 24.4 Å². The zero-order chi connectivity index (χ0) is 33.0. The van der Waals surface area contributed by atoms with Crippen LogP contribution < -0.4 is 4.90 Å². The summed E-state index contributed by atoms with van der Waals surface area (Å²) in [4.78, 5) is 26.9. The largest absolute Gasteiger partial charge is 0.311 e. The summed E-state index contributed by atoms with van der Waals surface area (Å²) in [5.74, 6) is 0. The molecule has 10 rings (SSSR count). The molecule has 0 aliphatic carbocycles. The van der Waals surface area contributed by atoms with Gasteiger partial charge < -0.3 is 4.90 Å². The first kappa shape index (κ1) is 29.1. The number of para-hydroxylation sites is 2. The number of thiophene rings is 1. The van der Waals surface area contributed by atoms with Crippen LogP contribution in [0.1, 0.15) is 0 Å². The van der Waals surface area contributed by atoms with Gasteiger partial charge in [-0.25, -0.2) is 24.9 Å². The van der Waals surface area contributed by atoms with Crippen LogP contribution in [0.4, 0.5) is 17.1 Å². The number of pyridine rings is 1. The van der Waals surface area contributed by atoms with Gasteiger partial charge in [0.1, 0.15) is 21.2 Å². The Bertz CT molecular complexity index is 2640. The van der Waals surface area contributed by atoms with Crippen LogP contribution in [0.25, 0.3) is 73.3 Å². The fraction of sp³-hybridized carbons (Fsp3) is 0. The summed E-state index contributed by atoms with van der Waals surface area (Å²) >= 11 is 5.07. The van der Waals surface area contributed by atoms with Gasteiger partial charge in [-0.3, -0.25) is 0 Å². The zero-order valence-electron chi connectivity index (χ0n) is 26.3. The maximum Gasteiger partial charge on any atom is 0.126 e. The van der Waals surface area contributed by atoms with Crippen molar-refractivity contribution in [3.05, 3.63) is 146 Å². The SMILES string of the molecule is c1ccc2sc(-c3ccc(N(c4ccc(-c5nc6ccccc6s5)cc4)c4ccc(-c5ncnc6c5sc5ncccc56)cc4)cc3)nc2c1. The second-order valence-electron chi connectivity index (χ2n) is 11.8. The third-order valence-corrected chi connectivity index (χ3v) is 12.0. The first-order valence-corrected chi connectivity index (χ1v) is 18.5. The average molecular weight is 697 g/mol. The second-order valence-corrected chi connectivity index (χ2v) is 14.9. The molecule has 0 spiro atoms. The number of thiazole rings is 2. The molecular weight excluding hydrogens is 673 g/mol. The van der Waals surface area contributed by atoms with Crippen LogP contribution in [0.3, 0.4) is 0 Å². The van der Waals surface area contributed by atoms with E-state index in [0.29, 0.717) is 0 Å². The summed E-state index contributed by atoms with van der Waals surface area (Å²) in [6.07, 6.45) is 3.47. The number of hydrogen-bond acceptors (Lipinski definition) is 9. The molecule has 5 heterocycles. The molecular formula is C41H24N6S3. The topological polar surface area (TPSA) is 67.7 Å². The Morgan fingerprint density at radius 2 is 1.00 bits per heavy atom. The molecule has 0 bridgehead atoms. The van der Waals surface area contributed by atoms with E-state index in [9.17, 15) is 0 Å². The maximum atomic E-state index is 4.89. The van der Waals surface area contributed by atoms with Gasteiger partial charge in [0.2, 0.25) is 0 Å². The van der Waals surface area contributed by atoms with E-state index in [4.69, 9.17) is 15.0 Å². The highest BCUT2D eigenvalue weighted by Gasteiger charge is 2.17. The van der Waals surface area contributed by atoms with Crippen LogP contribution >= 0.6 is 34.0 Å². The number of hydrogen-bond donors (Lipinski definition) is 0. The third kappa shape index (κ3) is 5.02. The lowest BCUT2D eigenvalue weighted by molar-refractivity contribution is 1.23. The molecule has 0 N–H and O–H groups in total. The Morgan fingerprint density at radius 3 is 1.56 bits per heavy atom. The lowest BCUT2D eigenvalue weighted by atomic mass is 10.1. The first-order chi connectivity index (χ1) is 24.7. The van der Waals surface area contributed by atoms with E-state index in [1.165, 1.54) is 9.40 Å². The van der Waals surface area contributed by atoms with Gasteiger partial charge in [-0.15, -0.1) is 34.0 Å². The van der Waals surface area contributed by atoms with E-state index >= 15 is 0 Å². The fourth-order valence-electron chi connectivity index (χ4n) is 6.33. The average Bonchev–Trinajstić information content (AvgIpc) is 3.91. The van der Waals surface area contributed by atoms with Crippen molar-refractivity contribution < 1.29 is 0 Å². The first-order valence-electron chi connectivity index (χ1n) is 16.1. The van der Waals surface area contributed by atoms with Gasteiger partial charge in [-0.1, -0.05) is 36.4 Å². The van der Waals surface area contributed by atoms with Crippen LogP contribution in [0.5, 0.6) is 0 Å². The molecule has 0 amide bonds. The molecule has 0 atom stereocenters. The highest BCUT2D eigenvalue weighted by atomic mass is 32.1. The molecule has 9 heteroatoms. The summed E-state index contributed by atoms with van der Waals surface area (Å²) in [5.41, 5.74) is 10.3. The number of aromatic nitrogens is 5. The van der Waals surface area contributed by atoms with E-state index in [1.54, 1.807) is 40.3 Å². The molecule has 50 heavy (non-hydrogen) atoms. The minimum absolute atomic E-state index is 0.913. The highest BCUT2D eigenvalue weighted by Crippen LogP contribution is 2.41.